The number of nitrogens with zero attached hydrogens (tertiary/aromatic N) is 3. The van der Waals surface area contributed by atoms with E-state index in [2.05, 4.69) is 11.1 Å². The number of fused-ring (bicyclic) bond motifs is 2. The third kappa shape index (κ3) is 2.98. The van der Waals surface area contributed by atoms with Crippen LogP contribution in [0.5, 0.6) is 0 Å². The second-order valence-electron chi connectivity index (χ2n) is 6.85. The van der Waals surface area contributed by atoms with Gasteiger partial charge < -0.3 is 4.90 Å². The van der Waals surface area contributed by atoms with E-state index in [4.69, 9.17) is 11.6 Å². The third-order valence-corrected chi connectivity index (χ3v) is 6.50. The van der Waals surface area contributed by atoms with Crippen LogP contribution in [0.25, 0.3) is 21.4 Å². The van der Waals surface area contributed by atoms with Crippen LogP contribution in [0.15, 0.2) is 72.8 Å². The zero-order valence-corrected chi connectivity index (χ0v) is 17.2. The van der Waals surface area contributed by atoms with Gasteiger partial charge in [-0.1, -0.05) is 60.1 Å². The molecule has 4 nitrogen and oxygen atoms in total. The van der Waals surface area contributed by atoms with Crippen molar-refractivity contribution in [3.63, 3.8) is 0 Å². The van der Waals surface area contributed by atoms with Gasteiger partial charge in [0.1, 0.15) is 16.6 Å². The Balaban J connectivity index is 1.67. The minimum absolute atomic E-state index is 0.216. The van der Waals surface area contributed by atoms with E-state index >= 15 is 0 Å². The molecule has 3 aromatic carbocycles. The molecular formula is C24H14ClN3OS. The first-order valence-electron chi connectivity index (χ1n) is 9.32. The quantitative estimate of drug-likeness (QED) is 0.300. The monoisotopic (exact) mass is 427 g/mol. The standard InChI is InChI=1S/C24H14ClN3OS/c25-18-9-3-1-7-15(18)14-28-20-11-5-2-8-16(20)22(24(28)29)17(13-26)23-27-19-10-4-6-12-21(19)30-23/h1-12H,14H2/b22-17+. The van der Waals surface area contributed by atoms with Crippen LogP contribution in [-0.2, 0) is 11.3 Å². The molecule has 0 spiro atoms. The number of anilines is 1. The van der Waals surface area contributed by atoms with Crippen molar-refractivity contribution in [1.82, 2.24) is 4.98 Å². The Morgan fingerprint density at radius 3 is 2.57 bits per heavy atom. The first kappa shape index (κ1) is 18.6. The SMILES string of the molecule is N#C/C(=C1\C(=O)N(Cc2ccccc2Cl)c2ccccc21)c1nc2ccccc2s1. The molecule has 144 valence electrons. The van der Waals surface area contributed by atoms with Crippen LogP contribution in [0.2, 0.25) is 5.02 Å². The molecule has 4 aromatic rings. The van der Waals surface area contributed by atoms with Gasteiger partial charge in [-0.2, -0.15) is 5.26 Å². The smallest absolute Gasteiger partial charge is 0.260 e. The van der Waals surface area contributed by atoms with Gasteiger partial charge in [0.15, 0.2) is 0 Å². The summed E-state index contributed by atoms with van der Waals surface area (Å²) in [6.45, 7) is 0.331. The lowest BCUT2D eigenvalue weighted by atomic mass is 10.0. The van der Waals surface area contributed by atoms with Crippen LogP contribution in [0, 0.1) is 11.3 Å². The molecule has 1 aliphatic heterocycles. The lowest BCUT2D eigenvalue weighted by Crippen LogP contribution is -2.26. The number of rotatable bonds is 3. The summed E-state index contributed by atoms with van der Waals surface area (Å²) in [5, 5.41) is 11.2. The lowest BCUT2D eigenvalue weighted by Gasteiger charge is -2.18. The van der Waals surface area contributed by atoms with Crippen molar-refractivity contribution in [2.45, 2.75) is 6.54 Å². The molecule has 30 heavy (non-hydrogen) atoms. The summed E-state index contributed by atoms with van der Waals surface area (Å²) in [7, 11) is 0. The average molecular weight is 428 g/mol. The van der Waals surface area contributed by atoms with Gasteiger partial charge in [0.2, 0.25) is 0 Å². The van der Waals surface area contributed by atoms with Gasteiger partial charge in [0.05, 0.1) is 28.0 Å². The van der Waals surface area contributed by atoms with Crippen molar-refractivity contribution in [3.05, 3.63) is 94.0 Å². The molecule has 5 rings (SSSR count). The van der Waals surface area contributed by atoms with E-state index in [-0.39, 0.29) is 5.91 Å². The normalized spacial score (nSPS) is 14.7. The molecular weight excluding hydrogens is 414 g/mol. The molecule has 0 bridgehead atoms. The highest BCUT2D eigenvalue weighted by molar-refractivity contribution is 7.19. The predicted molar refractivity (Wildman–Crippen MR) is 121 cm³/mol. The molecule has 0 atom stereocenters. The fourth-order valence-corrected chi connectivity index (χ4v) is 4.83. The Morgan fingerprint density at radius 2 is 1.77 bits per heavy atom. The molecule has 0 saturated heterocycles. The number of benzene rings is 3. The minimum Gasteiger partial charge on any atom is -0.303 e. The Labute approximate surface area is 182 Å². The number of carbonyl (C=O) groups is 1. The maximum absolute atomic E-state index is 13.5. The number of aromatic nitrogens is 1. The minimum atomic E-state index is -0.216. The lowest BCUT2D eigenvalue weighted by molar-refractivity contribution is -0.113. The molecule has 1 aliphatic rings. The van der Waals surface area contributed by atoms with Crippen molar-refractivity contribution in [2.24, 2.45) is 0 Å². The van der Waals surface area contributed by atoms with Gasteiger partial charge in [-0.3, -0.25) is 4.79 Å². The van der Waals surface area contributed by atoms with Crippen molar-refractivity contribution < 1.29 is 4.79 Å². The van der Waals surface area contributed by atoms with E-state index in [1.165, 1.54) is 11.3 Å². The molecule has 0 aliphatic carbocycles. The van der Waals surface area contributed by atoms with Crippen LogP contribution >= 0.6 is 22.9 Å². The number of hydrogen-bond donors (Lipinski definition) is 0. The third-order valence-electron chi connectivity index (χ3n) is 5.08. The van der Waals surface area contributed by atoms with Gasteiger partial charge in [-0.15, -0.1) is 11.3 Å². The van der Waals surface area contributed by atoms with Crippen LogP contribution in [0.3, 0.4) is 0 Å². The predicted octanol–water partition coefficient (Wildman–Crippen LogP) is 5.93. The van der Waals surface area contributed by atoms with Crippen LogP contribution < -0.4 is 4.90 Å². The second-order valence-corrected chi connectivity index (χ2v) is 8.29. The molecule has 0 fully saturated rings. The first-order valence-corrected chi connectivity index (χ1v) is 10.5. The highest BCUT2D eigenvalue weighted by atomic mass is 35.5. The summed E-state index contributed by atoms with van der Waals surface area (Å²) < 4.78 is 0.979. The van der Waals surface area contributed by atoms with Gasteiger partial charge in [0.25, 0.3) is 5.91 Å². The Bertz CT molecular complexity index is 1350. The molecule has 0 unspecified atom stereocenters. The number of hydrogen-bond acceptors (Lipinski definition) is 4. The van der Waals surface area contributed by atoms with E-state index in [1.54, 1.807) is 4.90 Å². The Hall–Kier alpha value is -3.46. The fourth-order valence-electron chi connectivity index (χ4n) is 3.67. The summed E-state index contributed by atoms with van der Waals surface area (Å²) in [4.78, 5) is 19.8. The number of carbonyl (C=O) groups excluding carboxylic acids is 1. The summed E-state index contributed by atoms with van der Waals surface area (Å²) in [6.07, 6.45) is 0. The van der Waals surface area contributed by atoms with Crippen molar-refractivity contribution in [2.75, 3.05) is 4.90 Å². The Morgan fingerprint density at radius 1 is 1.03 bits per heavy atom. The highest BCUT2D eigenvalue weighted by Gasteiger charge is 2.35. The average Bonchev–Trinajstić information content (AvgIpc) is 3.31. The van der Waals surface area contributed by atoms with Crippen LogP contribution in [0.4, 0.5) is 5.69 Å². The Kier molecular flexibility index (Phi) is 4.59. The summed E-state index contributed by atoms with van der Waals surface area (Å²) >= 11 is 7.75. The molecule has 1 amide bonds. The largest absolute Gasteiger partial charge is 0.303 e. The summed E-state index contributed by atoms with van der Waals surface area (Å²) in [5.74, 6) is -0.216. The fraction of sp³-hybridized carbons (Fsp3) is 0.0417. The van der Waals surface area contributed by atoms with Gasteiger partial charge in [-0.25, -0.2) is 4.98 Å². The molecule has 0 N–H and O–H groups in total. The summed E-state index contributed by atoms with van der Waals surface area (Å²) in [5.41, 5.74) is 3.87. The molecule has 1 aromatic heterocycles. The molecule has 6 heteroatoms. The van der Waals surface area contributed by atoms with Crippen molar-refractivity contribution in [1.29, 1.82) is 5.26 Å². The van der Waals surface area contributed by atoms with Gasteiger partial charge in [0, 0.05) is 10.6 Å². The number of allylic oxidation sites excluding steroid dienone is 1. The molecule has 0 radical (unpaired) electrons. The number of para-hydroxylation sites is 2. The summed E-state index contributed by atoms with van der Waals surface area (Å²) in [6, 6.07) is 24.9. The first-order chi connectivity index (χ1) is 14.7. The molecule has 0 saturated carbocycles. The number of halogens is 1. The maximum atomic E-state index is 13.5. The number of amides is 1. The van der Waals surface area contributed by atoms with Crippen molar-refractivity contribution in [3.8, 4) is 6.07 Å². The van der Waals surface area contributed by atoms with Gasteiger partial charge in [-0.05, 0) is 29.8 Å². The highest BCUT2D eigenvalue weighted by Crippen LogP contribution is 2.42. The zero-order chi connectivity index (χ0) is 20.7. The maximum Gasteiger partial charge on any atom is 0.260 e. The van der Waals surface area contributed by atoms with E-state index in [1.807, 2.05) is 72.8 Å². The number of thiazole rings is 1. The van der Waals surface area contributed by atoms with Crippen LogP contribution in [0.1, 0.15) is 16.1 Å². The zero-order valence-electron chi connectivity index (χ0n) is 15.7. The van der Waals surface area contributed by atoms with E-state index in [0.29, 0.717) is 27.7 Å². The van der Waals surface area contributed by atoms with E-state index in [0.717, 1.165) is 27.0 Å². The van der Waals surface area contributed by atoms with E-state index in [9.17, 15) is 10.1 Å². The second kappa shape index (κ2) is 7.42. The van der Waals surface area contributed by atoms with Crippen molar-refractivity contribution >= 4 is 55.9 Å². The van der Waals surface area contributed by atoms with E-state index < -0.39 is 0 Å². The topological polar surface area (TPSA) is 57.0 Å². The van der Waals surface area contributed by atoms with Gasteiger partial charge >= 0.3 is 0 Å². The van der Waals surface area contributed by atoms with Crippen LogP contribution in [-0.4, -0.2) is 10.9 Å². The molecule has 2 heterocycles. The number of nitriles is 1.